The Hall–Kier alpha value is -3.23. The summed E-state index contributed by atoms with van der Waals surface area (Å²) in [5, 5.41) is 2.72. The zero-order valence-corrected chi connectivity index (χ0v) is 19.9. The number of piperazine rings is 1. The monoisotopic (exact) mass is 476 g/mol. The fourth-order valence-electron chi connectivity index (χ4n) is 4.48. The number of aromatic nitrogens is 1. The number of hydrogen-bond acceptors (Lipinski definition) is 6. The number of fused-ring (bicyclic) bond motifs is 1. The number of rotatable bonds is 4. The maximum Gasteiger partial charge on any atom is 0.290 e. The Labute approximate surface area is 201 Å². The molecule has 0 radical (unpaired) electrons. The molecule has 1 N–H and O–H groups in total. The third-order valence-electron chi connectivity index (χ3n) is 6.33. The summed E-state index contributed by atoms with van der Waals surface area (Å²) in [5.41, 5.74) is 3.73. The van der Waals surface area contributed by atoms with Crippen LogP contribution in [-0.2, 0) is 4.79 Å². The lowest BCUT2D eigenvalue weighted by Crippen LogP contribution is -2.49. The molecule has 2 saturated heterocycles. The van der Waals surface area contributed by atoms with Gasteiger partial charge in [-0.15, -0.1) is 0 Å². The normalized spacial score (nSPS) is 18.4. The van der Waals surface area contributed by atoms with E-state index in [0.29, 0.717) is 22.2 Å². The van der Waals surface area contributed by atoms with E-state index in [0.717, 1.165) is 60.0 Å². The molecule has 0 saturated carbocycles. The number of halogens is 1. The van der Waals surface area contributed by atoms with E-state index in [2.05, 4.69) is 33.9 Å². The second kappa shape index (κ2) is 9.19. The minimum Gasteiger partial charge on any atom is -0.367 e. The molecular formula is C26H25FN4O2S. The number of thioether (sulfide) groups is 1. The van der Waals surface area contributed by atoms with Crippen molar-refractivity contribution in [1.29, 1.82) is 0 Å². The van der Waals surface area contributed by atoms with Gasteiger partial charge >= 0.3 is 0 Å². The maximum atomic E-state index is 15.2. The zero-order chi connectivity index (χ0) is 23.8. The first-order valence-corrected chi connectivity index (χ1v) is 12.1. The van der Waals surface area contributed by atoms with Gasteiger partial charge in [-0.05, 0) is 72.6 Å². The van der Waals surface area contributed by atoms with Gasteiger partial charge in [0.1, 0.15) is 5.82 Å². The fraction of sp³-hybridized carbons (Fsp3) is 0.269. The fourth-order valence-corrected chi connectivity index (χ4v) is 5.16. The van der Waals surface area contributed by atoms with Gasteiger partial charge in [0.15, 0.2) is 0 Å². The first-order valence-electron chi connectivity index (χ1n) is 11.3. The van der Waals surface area contributed by atoms with Gasteiger partial charge in [0, 0.05) is 43.8 Å². The number of hydrogen-bond donors (Lipinski definition) is 1. The summed E-state index contributed by atoms with van der Waals surface area (Å²) in [4.78, 5) is 32.7. The minimum atomic E-state index is -0.407. The first kappa shape index (κ1) is 22.6. The molecule has 0 aliphatic carbocycles. The Morgan fingerprint density at radius 3 is 2.56 bits per heavy atom. The van der Waals surface area contributed by atoms with E-state index in [1.807, 2.05) is 36.4 Å². The van der Waals surface area contributed by atoms with Gasteiger partial charge in [-0.2, -0.15) is 0 Å². The summed E-state index contributed by atoms with van der Waals surface area (Å²) in [6, 6.07) is 13.6. The molecule has 3 aromatic rings. The van der Waals surface area contributed by atoms with Gasteiger partial charge in [0.2, 0.25) is 0 Å². The number of nitrogens with one attached hydrogen (secondary N) is 1. The summed E-state index contributed by atoms with van der Waals surface area (Å²) in [6.07, 6.45) is 3.31. The Morgan fingerprint density at radius 2 is 1.88 bits per heavy atom. The third-order valence-corrected chi connectivity index (χ3v) is 7.14. The van der Waals surface area contributed by atoms with Gasteiger partial charge in [0.25, 0.3) is 11.1 Å². The smallest absolute Gasteiger partial charge is 0.290 e. The Bertz CT molecular complexity index is 1320. The molecule has 0 unspecified atom stereocenters. The molecule has 2 aliphatic rings. The van der Waals surface area contributed by atoms with Crippen molar-refractivity contribution in [1.82, 2.24) is 15.2 Å². The van der Waals surface area contributed by atoms with Crippen molar-refractivity contribution >= 4 is 45.6 Å². The van der Waals surface area contributed by atoms with E-state index in [1.54, 1.807) is 18.3 Å². The van der Waals surface area contributed by atoms with E-state index < -0.39 is 5.91 Å². The van der Waals surface area contributed by atoms with Crippen LogP contribution in [0.15, 0.2) is 53.6 Å². The quantitative estimate of drug-likeness (QED) is 0.541. The molecule has 0 bridgehead atoms. The van der Waals surface area contributed by atoms with E-state index in [-0.39, 0.29) is 11.1 Å². The van der Waals surface area contributed by atoms with Gasteiger partial charge in [-0.3, -0.25) is 24.8 Å². The summed E-state index contributed by atoms with van der Waals surface area (Å²) >= 11 is 0.870. The topological polar surface area (TPSA) is 65.5 Å². The van der Waals surface area contributed by atoms with Crippen molar-refractivity contribution in [2.45, 2.75) is 19.9 Å². The molecule has 2 aliphatic heterocycles. The van der Waals surface area contributed by atoms with Crippen LogP contribution in [0.1, 0.15) is 19.4 Å². The van der Waals surface area contributed by atoms with Gasteiger partial charge < -0.3 is 4.90 Å². The van der Waals surface area contributed by atoms with Crippen molar-refractivity contribution in [2.24, 2.45) is 0 Å². The third kappa shape index (κ3) is 4.43. The van der Waals surface area contributed by atoms with Crippen LogP contribution >= 0.6 is 11.8 Å². The average Bonchev–Trinajstić information content (AvgIpc) is 3.15. The highest BCUT2D eigenvalue weighted by atomic mass is 32.2. The van der Waals surface area contributed by atoms with Crippen molar-refractivity contribution in [2.75, 3.05) is 31.1 Å². The lowest BCUT2D eigenvalue weighted by molar-refractivity contribution is -0.115. The van der Waals surface area contributed by atoms with E-state index in [4.69, 9.17) is 0 Å². The van der Waals surface area contributed by atoms with Crippen molar-refractivity contribution in [3.8, 4) is 11.1 Å². The van der Waals surface area contributed by atoms with Crippen LogP contribution < -0.4 is 10.2 Å². The number of pyridine rings is 1. The van der Waals surface area contributed by atoms with Crippen LogP contribution in [-0.4, -0.2) is 53.3 Å². The van der Waals surface area contributed by atoms with E-state index in [1.165, 1.54) is 0 Å². The van der Waals surface area contributed by atoms with Crippen LogP contribution in [0.2, 0.25) is 0 Å². The molecule has 2 amide bonds. The Morgan fingerprint density at radius 1 is 1.09 bits per heavy atom. The summed E-state index contributed by atoms with van der Waals surface area (Å²) in [5.74, 6) is -0.647. The molecule has 6 nitrogen and oxygen atoms in total. The van der Waals surface area contributed by atoms with Crippen molar-refractivity contribution in [3.05, 3.63) is 64.9 Å². The van der Waals surface area contributed by atoms with Crippen LogP contribution in [0, 0.1) is 5.82 Å². The summed E-state index contributed by atoms with van der Waals surface area (Å²) in [6.45, 7) is 7.83. The van der Waals surface area contributed by atoms with Crippen LogP contribution in [0.3, 0.4) is 0 Å². The number of imide groups is 1. The van der Waals surface area contributed by atoms with Crippen molar-refractivity contribution in [3.63, 3.8) is 0 Å². The SMILES string of the molecule is CC(C)N1CCN(c2ccc(-c3cccc4ncc(C=C5SC(=O)NC5=O)cc34)cc2F)CC1. The second-order valence-electron chi connectivity index (χ2n) is 8.78. The summed E-state index contributed by atoms with van der Waals surface area (Å²) < 4.78 is 15.2. The van der Waals surface area contributed by atoms with Gasteiger partial charge in [-0.1, -0.05) is 18.2 Å². The molecule has 3 heterocycles. The largest absolute Gasteiger partial charge is 0.367 e. The van der Waals surface area contributed by atoms with E-state index in [9.17, 15) is 9.59 Å². The predicted molar refractivity (Wildman–Crippen MR) is 135 cm³/mol. The highest BCUT2D eigenvalue weighted by Gasteiger charge is 2.25. The van der Waals surface area contributed by atoms with Crippen LogP contribution in [0.5, 0.6) is 0 Å². The van der Waals surface area contributed by atoms with E-state index >= 15 is 4.39 Å². The highest BCUT2D eigenvalue weighted by molar-refractivity contribution is 8.18. The zero-order valence-electron chi connectivity index (χ0n) is 19.0. The number of carbonyl (C=O) groups excluding carboxylic acids is 2. The second-order valence-corrected chi connectivity index (χ2v) is 9.79. The molecule has 0 spiro atoms. The molecule has 34 heavy (non-hydrogen) atoms. The molecule has 2 fully saturated rings. The first-order chi connectivity index (χ1) is 16.4. The molecule has 1 aromatic heterocycles. The Balaban J connectivity index is 1.46. The van der Waals surface area contributed by atoms with Crippen molar-refractivity contribution < 1.29 is 14.0 Å². The molecule has 8 heteroatoms. The minimum absolute atomic E-state index is 0.240. The van der Waals surface area contributed by atoms with Crippen LogP contribution in [0.4, 0.5) is 14.9 Å². The number of carbonyl (C=O) groups is 2. The lowest BCUT2D eigenvalue weighted by atomic mass is 9.99. The number of nitrogens with zero attached hydrogens (tertiary/aromatic N) is 3. The number of anilines is 1. The molecule has 174 valence electrons. The highest BCUT2D eigenvalue weighted by Crippen LogP contribution is 2.33. The lowest BCUT2D eigenvalue weighted by Gasteiger charge is -2.38. The standard InChI is InChI=1S/C26H25FN4O2S/c1-16(2)30-8-10-31(11-9-30)23-7-6-18(14-21(23)27)19-4-3-5-22-20(19)12-17(15-28-22)13-24-25(32)29-26(33)34-24/h3-7,12-16H,8-11H2,1-2H3,(H,29,32,33). The Kier molecular flexibility index (Phi) is 6.10. The predicted octanol–water partition coefficient (Wildman–Crippen LogP) is 4.90. The molecule has 5 rings (SSSR count). The molecular weight excluding hydrogens is 451 g/mol. The average molecular weight is 477 g/mol. The summed E-state index contributed by atoms with van der Waals surface area (Å²) in [7, 11) is 0. The molecule has 0 atom stereocenters. The van der Waals surface area contributed by atoms with Gasteiger partial charge in [0.05, 0.1) is 16.1 Å². The molecule has 2 aromatic carbocycles. The number of amides is 2. The van der Waals surface area contributed by atoms with Gasteiger partial charge in [-0.25, -0.2) is 4.39 Å². The van der Waals surface area contributed by atoms with Crippen LogP contribution in [0.25, 0.3) is 28.1 Å². The number of benzene rings is 2. The maximum absolute atomic E-state index is 15.2.